The fourth-order valence-electron chi connectivity index (χ4n) is 4.04. The fraction of sp³-hybridized carbons (Fsp3) is 0.938. The van der Waals surface area contributed by atoms with Crippen molar-refractivity contribution >= 4 is 0 Å². The van der Waals surface area contributed by atoms with E-state index in [-0.39, 0.29) is 6.10 Å². The first-order chi connectivity index (χ1) is 8.72. The number of hydrogen-bond acceptors (Lipinski definition) is 2. The average molecular weight is 249 g/mol. The maximum Gasteiger partial charge on any atom is 0.0837 e. The number of aliphatic hydroxyl groups excluding tert-OH is 1. The van der Waals surface area contributed by atoms with Crippen LogP contribution in [0.1, 0.15) is 71.1 Å². The van der Waals surface area contributed by atoms with Gasteiger partial charge in [-0.3, -0.25) is 0 Å². The van der Waals surface area contributed by atoms with Crippen molar-refractivity contribution in [3.63, 3.8) is 0 Å². The first-order valence-corrected chi connectivity index (χ1v) is 7.81. The lowest BCUT2D eigenvalue weighted by Gasteiger charge is -2.33. The van der Waals surface area contributed by atoms with E-state index < -0.39 is 5.41 Å². The molecule has 2 aliphatic carbocycles. The highest BCUT2D eigenvalue weighted by Crippen LogP contribution is 2.48. The van der Waals surface area contributed by atoms with Gasteiger partial charge in [-0.25, -0.2) is 0 Å². The van der Waals surface area contributed by atoms with E-state index in [1.165, 1.54) is 25.7 Å². The molecular weight excluding hydrogens is 222 g/mol. The summed E-state index contributed by atoms with van der Waals surface area (Å²) in [5.74, 6) is 1.04. The van der Waals surface area contributed by atoms with Crippen molar-refractivity contribution < 1.29 is 5.11 Å². The molecule has 2 aliphatic rings. The quantitative estimate of drug-likeness (QED) is 0.767. The van der Waals surface area contributed by atoms with Gasteiger partial charge in [0.15, 0.2) is 0 Å². The molecule has 2 saturated carbocycles. The van der Waals surface area contributed by atoms with Crippen LogP contribution in [0.5, 0.6) is 0 Å². The molecule has 0 aromatic heterocycles. The number of nitrogens with zero attached hydrogens (tertiary/aromatic N) is 1. The van der Waals surface area contributed by atoms with Crippen LogP contribution in [0, 0.1) is 28.6 Å². The molecule has 2 fully saturated rings. The van der Waals surface area contributed by atoms with Gasteiger partial charge in [0, 0.05) is 0 Å². The summed E-state index contributed by atoms with van der Waals surface area (Å²) < 4.78 is 0. The zero-order valence-corrected chi connectivity index (χ0v) is 11.7. The van der Waals surface area contributed by atoms with Crippen LogP contribution in [0.3, 0.4) is 0 Å². The molecule has 1 N–H and O–H groups in total. The first kappa shape index (κ1) is 13.9. The minimum absolute atomic E-state index is 0.378. The summed E-state index contributed by atoms with van der Waals surface area (Å²) in [5, 5.41) is 20.3. The topological polar surface area (TPSA) is 44.0 Å². The van der Waals surface area contributed by atoms with Crippen LogP contribution in [0.15, 0.2) is 0 Å². The highest BCUT2D eigenvalue weighted by atomic mass is 16.3. The van der Waals surface area contributed by atoms with Crippen LogP contribution in [0.25, 0.3) is 0 Å². The summed E-state index contributed by atoms with van der Waals surface area (Å²) in [4.78, 5) is 0. The minimum Gasteiger partial charge on any atom is -0.391 e. The molecule has 0 aliphatic heterocycles. The molecule has 2 heteroatoms. The molecule has 102 valence electrons. The zero-order chi connectivity index (χ0) is 13.0. The van der Waals surface area contributed by atoms with E-state index in [9.17, 15) is 10.4 Å². The second-order valence-corrected chi connectivity index (χ2v) is 6.48. The van der Waals surface area contributed by atoms with Gasteiger partial charge in [0.1, 0.15) is 0 Å². The monoisotopic (exact) mass is 249 g/mol. The molecule has 2 rings (SSSR count). The Kier molecular flexibility index (Phi) is 4.67. The predicted octanol–water partition coefficient (Wildman–Crippen LogP) is 4.04. The molecule has 0 amide bonds. The summed E-state index contributed by atoms with van der Waals surface area (Å²) in [6, 6.07) is 2.51. The van der Waals surface area contributed by atoms with E-state index in [1.807, 2.05) is 0 Å². The molecule has 0 bridgehead atoms. The predicted molar refractivity (Wildman–Crippen MR) is 72.9 cm³/mol. The number of nitriles is 1. The average Bonchev–Trinajstić information content (AvgIpc) is 2.65. The van der Waals surface area contributed by atoms with Crippen LogP contribution in [0.2, 0.25) is 0 Å². The smallest absolute Gasteiger partial charge is 0.0837 e. The highest BCUT2D eigenvalue weighted by molar-refractivity contribution is 5.09. The third kappa shape index (κ3) is 2.72. The molecular formula is C16H27NO. The maximum atomic E-state index is 10.7. The van der Waals surface area contributed by atoms with Crippen LogP contribution in [-0.2, 0) is 0 Å². The molecule has 0 saturated heterocycles. The number of aliphatic hydroxyl groups is 1. The molecule has 0 aromatic carbocycles. The van der Waals surface area contributed by atoms with Crippen molar-refractivity contribution in [2.24, 2.45) is 17.3 Å². The molecule has 2 nitrogen and oxygen atoms in total. The van der Waals surface area contributed by atoms with E-state index in [0.29, 0.717) is 11.8 Å². The Bertz CT molecular complexity index is 301. The normalized spacial score (nSPS) is 35.9. The number of rotatable bonds is 3. The molecule has 18 heavy (non-hydrogen) atoms. The molecule has 3 atom stereocenters. The lowest BCUT2D eigenvalue weighted by atomic mass is 9.73. The molecule has 0 spiro atoms. The van der Waals surface area contributed by atoms with Gasteiger partial charge in [-0.15, -0.1) is 0 Å². The van der Waals surface area contributed by atoms with Gasteiger partial charge in [-0.1, -0.05) is 39.0 Å². The molecule has 3 unspecified atom stereocenters. The fourth-order valence-corrected chi connectivity index (χ4v) is 4.04. The summed E-state index contributed by atoms with van der Waals surface area (Å²) in [6.07, 6.45) is 11.1. The van der Waals surface area contributed by atoms with Gasteiger partial charge in [0.25, 0.3) is 0 Å². The van der Waals surface area contributed by atoms with E-state index in [2.05, 4.69) is 13.0 Å². The van der Waals surface area contributed by atoms with Gasteiger partial charge in [0.05, 0.1) is 17.6 Å². The summed E-state index contributed by atoms with van der Waals surface area (Å²) in [7, 11) is 0. The second kappa shape index (κ2) is 6.06. The van der Waals surface area contributed by atoms with E-state index >= 15 is 0 Å². The van der Waals surface area contributed by atoms with Crippen molar-refractivity contribution in [1.29, 1.82) is 5.26 Å². The van der Waals surface area contributed by atoms with E-state index in [4.69, 9.17) is 0 Å². The summed E-state index contributed by atoms with van der Waals surface area (Å²) in [5.41, 5.74) is -0.421. The van der Waals surface area contributed by atoms with Crippen LogP contribution in [0.4, 0.5) is 0 Å². The molecule has 0 heterocycles. The minimum atomic E-state index is -0.421. The Morgan fingerprint density at radius 2 is 1.89 bits per heavy atom. The van der Waals surface area contributed by atoms with Crippen molar-refractivity contribution in [1.82, 2.24) is 0 Å². The zero-order valence-electron chi connectivity index (χ0n) is 11.7. The Morgan fingerprint density at radius 3 is 2.39 bits per heavy atom. The highest BCUT2D eigenvalue weighted by Gasteiger charge is 2.47. The van der Waals surface area contributed by atoms with Gasteiger partial charge >= 0.3 is 0 Å². The van der Waals surface area contributed by atoms with Gasteiger partial charge in [-0.05, 0) is 43.9 Å². The van der Waals surface area contributed by atoms with Gasteiger partial charge in [0.2, 0.25) is 0 Å². The Labute approximate surface area is 111 Å². The Morgan fingerprint density at radius 1 is 1.22 bits per heavy atom. The SMILES string of the molecule is CCC1CCC(C#N)(C(O)C2CCCCCC2)C1. The maximum absolute atomic E-state index is 10.7. The van der Waals surface area contributed by atoms with Gasteiger partial charge < -0.3 is 5.11 Å². The number of hydrogen-bond donors (Lipinski definition) is 1. The second-order valence-electron chi connectivity index (χ2n) is 6.48. The first-order valence-electron chi connectivity index (χ1n) is 7.81. The van der Waals surface area contributed by atoms with Crippen LogP contribution in [-0.4, -0.2) is 11.2 Å². The third-order valence-corrected chi connectivity index (χ3v) is 5.36. The summed E-state index contributed by atoms with van der Waals surface area (Å²) in [6.45, 7) is 2.20. The van der Waals surface area contributed by atoms with Crippen LogP contribution < -0.4 is 0 Å². The van der Waals surface area contributed by atoms with Crippen molar-refractivity contribution in [2.75, 3.05) is 0 Å². The van der Waals surface area contributed by atoms with Gasteiger partial charge in [-0.2, -0.15) is 5.26 Å². The Balaban J connectivity index is 2.05. The van der Waals surface area contributed by atoms with Crippen molar-refractivity contribution in [2.45, 2.75) is 77.2 Å². The lowest BCUT2D eigenvalue weighted by molar-refractivity contribution is 0.00795. The largest absolute Gasteiger partial charge is 0.391 e. The van der Waals surface area contributed by atoms with E-state index in [1.54, 1.807) is 0 Å². The van der Waals surface area contributed by atoms with Crippen molar-refractivity contribution in [3.8, 4) is 6.07 Å². The third-order valence-electron chi connectivity index (χ3n) is 5.36. The molecule has 0 radical (unpaired) electrons. The summed E-state index contributed by atoms with van der Waals surface area (Å²) >= 11 is 0. The van der Waals surface area contributed by atoms with Crippen molar-refractivity contribution in [3.05, 3.63) is 0 Å². The Hall–Kier alpha value is -0.550. The molecule has 0 aromatic rings. The standard InChI is InChI=1S/C16H27NO/c1-2-13-9-10-16(11-13,12-17)15(18)14-7-5-3-4-6-8-14/h13-15,18H,2-11H2,1H3. The lowest BCUT2D eigenvalue weighted by Crippen LogP contribution is -2.37. The van der Waals surface area contributed by atoms with E-state index in [0.717, 1.165) is 38.5 Å². The van der Waals surface area contributed by atoms with Crippen LogP contribution >= 0.6 is 0 Å².